The molecule has 0 radical (unpaired) electrons. The summed E-state index contributed by atoms with van der Waals surface area (Å²) < 4.78 is 19.6. The van der Waals surface area contributed by atoms with Crippen molar-refractivity contribution in [2.45, 2.75) is 51.0 Å². The third-order valence-corrected chi connectivity index (χ3v) is 6.21. The summed E-state index contributed by atoms with van der Waals surface area (Å²) in [5.41, 5.74) is 0.692. The van der Waals surface area contributed by atoms with E-state index < -0.39 is 5.60 Å². The van der Waals surface area contributed by atoms with E-state index in [1.165, 1.54) is 6.07 Å². The zero-order valence-corrected chi connectivity index (χ0v) is 15.1. The average molecular weight is 352 g/mol. The molecule has 0 N–H and O–H groups in total. The number of benzene rings is 1. The fourth-order valence-electron chi connectivity index (χ4n) is 4.85. The van der Waals surface area contributed by atoms with Crippen molar-refractivity contribution in [1.82, 2.24) is 4.90 Å². The van der Waals surface area contributed by atoms with E-state index in [1.807, 2.05) is 26.8 Å². The summed E-state index contributed by atoms with van der Waals surface area (Å²) in [6, 6.07) is 5.03. The van der Waals surface area contributed by atoms with E-state index in [0.29, 0.717) is 16.4 Å². The molecule has 2 bridgehead atoms. The van der Waals surface area contributed by atoms with Crippen molar-refractivity contribution in [2.75, 3.05) is 13.1 Å². The molecule has 5 rings (SSSR count). The SMILES string of the molecule is CC(C)(C)OC(=O)N1CC(C23CC(c4ccc(Cl)cc4F)(C2)C3)C1. The Hall–Kier alpha value is -1.29. The molecule has 4 fully saturated rings. The summed E-state index contributed by atoms with van der Waals surface area (Å²) in [6.07, 6.45) is 2.88. The first-order chi connectivity index (χ1) is 11.1. The van der Waals surface area contributed by atoms with Crippen LogP contribution in [0.1, 0.15) is 45.6 Å². The number of likely N-dealkylation sites (tertiary alicyclic amines) is 1. The van der Waals surface area contributed by atoms with E-state index in [0.717, 1.165) is 37.9 Å². The molecule has 1 aliphatic heterocycles. The molecule has 0 aromatic heterocycles. The second-order valence-electron chi connectivity index (χ2n) is 8.88. The Kier molecular flexibility index (Phi) is 3.29. The molecule has 0 spiro atoms. The van der Waals surface area contributed by atoms with Gasteiger partial charge in [0.2, 0.25) is 0 Å². The van der Waals surface area contributed by atoms with Gasteiger partial charge in [-0.15, -0.1) is 0 Å². The van der Waals surface area contributed by atoms with Crippen LogP contribution >= 0.6 is 11.6 Å². The molecule has 1 aromatic rings. The van der Waals surface area contributed by atoms with Crippen molar-refractivity contribution in [2.24, 2.45) is 11.3 Å². The summed E-state index contributed by atoms with van der Waals surface area (Å²) >= 11 is 5.85. The van der Waals surface area contributed by atoms with Gasteiger partial charge < -0.3 is 9.64 Å². The minimum Gasteiger partial charge on any atom is -0.444 e. The Morgan fingerprint density at radius 1 is 1.29 bits per heavy atom. The van der Waals surface area contributed by atoms with E-state index in [-0.39, 0.29) is 17.3 Å². The Labute approximate surface area is 147 Å². The highest BCUT2D eigenvalue weighted by Crippen LogP contribution is 2.77. The standard InChI is InChI=1S/C19H23ClFNO2/c1-17(2,3)24-16(23)22-7-12(8-22)18-9-19(10-18,11-18)14-5-4-13(20)6-15(14)21/h4-6,12H,7-11H2,1-3H3. The Morgan fingerprint density at radius 3 is 2.46 bits per heavy atom. The number of rotatable bonds is 2. The first-order valence-electron chi connectivity index (χ1n) is 8.56. The Balaban J connectivity index is 1.34. The number of ether oxygens (including phenoxy) is 1. The van der Waals surface area contributed by atoms with Gasteiger partial charge in [0, 0.05) is 24.0 Å². The summed E-state index contributed by atoms with van der Waals surface area (Å²) in [5.74, 6) is 0.349. The molecule has 3 nitrogen and oxygen atoms in total. The van der Waals surface area contributed by atoms with Gasteiger partial charge in [-0.05, 0) is 68.6 Å². The molecule has 3 aliphatic carbocycles. The lowest BCUT2D eigenvalue weighted by Crippen LogP contribution is -2.73. The maximum Gasteiger partial charge on any atom is 0.410 e. The maximum absolute atomic E-state index is 14.2. The molecule has 1 aromatic carbocycles. The maximum atomic E-state index is 14.2. The summed E-state index contributed by atoms with van der Waals surface area (Å²) in [5, 5.41) is 0.449. The van der Waals surface area contributed by atoms with Gasteiger partial charge in [-0.1, -0.05) is 17.7 Å². The highest BCUT2D eigenvalue weighted by atomic mass is 35.5. The van der Waals surface area contributed by atoms with Crippen LogP contribution in [0.2, 0.25) is 5.02 Å². The number of carbonyl (C=O) groups is 1. The van der Waals surface area contributed by atoms with E-state index in [9.17, 15) is 9.18 Å². The highest BCUT2D eigenvalue weighted by Gasteiger charge is 2.72. The minimum absolute atomic E-state index is 0.0149. The first-order valence-corrected chi connectivity index (χ1v) is 8.94. The van der Waals surface area contributed by atoms with E-state index in [2.05, 4.69) is 0 Å². The quantitative estimate of drug-likeness (QED) is 0.768. The smallest absolute Gasteiger partial charge is 0.410 e. The monoisotopic (exact) mass is 351 g/mol. The van der Waals surface area contributed by atoms with Crippen LogP contribution in [0.25, 0.3) is 0 Å². The number of amides is 1. The van der Waals surface area contributed by atoms with Gasteiger partial charge in [-0.25, -0.2) is 9.18 Å². The van der Waals surface area contributed by atoms with Gasteiger partial charge in [-0.3, -0.25) is 0 Å². The second kappa shape index (κ2) is 4.87. The van der Waals surface area contributed by atoms with Crippen LogP contribution in [-0.4, -0.2) is 29.7 Å². The predicted molar refractivity (Wildman–Crippen MR) is 90.7 cm³/mol. The van der Waals surface area contributed by atoms with Crippen molar-refractivity contribution in [1.29, 1.82) is 0 Å². The molecular weight excluding hydrogens is 329 g/mol. The van der Waals surface area contributed by atoms with Crippen molar-refractivity contribution >= 4 is 17.7 Å². The van der Waals surface area contributed by atoms with E-state index >= 15 is 0 Å². The Bertz CT molecular complexity index is 686. The van der Waals surface area contributed by atoms with E-state index in [1.54, 1.807) is 11.0 Å². The number of hydrogen-bond acceptors (Lipinski definition) is 2. The van der Waals surface area contributed by atoms with Crippen LogP contribution in [0, 0.1) is 17.2 Å². The van der Waals surface area contributed by atoms with Gasteiger partial charge in [0.25, 0.3) is 0 Å². The van der Waals surface area contributed by atoms with Crippen LogP contribution in [0.3, 0.4) is 0 Å². The molecule has 24 heavy (non-hydrogen) atoms. The predicted octanol–water partition coefficient (Wildman–Crippen LogP) is 4.77. The van der Waals surface area contributed by atoms with Gasteiger partial charge in [-0.2, -0.15) is 0 Å². The third kappa shape index (κ3) is 2.33. The zero-order chi connectivity index (χ0) is 17.3. The normalized spacial score (nSPS) is 31.8. The zero-order valence-electron chi connectivity index (χ0n) is 14.4. The Morgan fingerprint density at radius 2 is 1.92 bits per heavy atom. The lowest BCUT2D eigenvalue weighted by molar-refractivity contribution is -0.210. The lowest BCUT2D eigenvalue weighted by atomic mass is 9.30. The van der Waals surface area contributed by atoms with Crippen LogP contribution < -0.4 is 0 Å². The van der Waals surface area contributed by atoms with Crippen molar-refractivity contribution in [3.8, 4) is 0 Å². The number of halogens is 2. The fourth-order valence-corrected chi connectivity index (χ4v) is 5.00. The average Bonchev–Trinajstić information content (AvgIpc) is 2.27. The van der Waals surface area contributed by atoms with Crippen molar-refractivity contribution in [3.63, 3.8) is 0 Å². The van der Waals surface area contributed by atoms with Crippen LogP contribution in [0.4, 0.5) is 9.18 Å². The number of nitrogens with zero attached hydrogens (tertiary/aromatic N) is 1. The summed E-state index contributed by atoms with van der Waals surface area (Å²) in [7, 11) is 0. The molecule has 1 amide bonds. The molecule has 130 valence electrons. The summed E-state index contributed by atoms with van der Waals surface area (Å²) in [6.45, 7) is 7.19. The molecular formula is C19H23ClFNO2. The summed E-state index contributed by atoms with van der Waals surface area (Å²) in [4.78, 5) is 13.8. The molecule has 3 saturated carbocycles. The van der Waals surface area contributed by atoms with Gasteiger partial charge in [0.15, 0.2) is 0 Å². The number of carbonyl (C=O) groups excluding carboxylic acids is 1. The van der Waals surface area contributed by atoms with Crippen molar-refractivity contribution < 1.29 is 13.9 Å². The molecule has 5 heteroatoms. The molecule has 0 atom stereocenters. The van der Waals surface area contributed by atoms with E-state index in [4.69, 9.17) is 16.3 Å². The lowest BCUT2D eigenvalue weighted by Gasteiger charge is -2.75. The topological polar surface area (TPSA) is 29.5 Å². The molecule has 1 saturated heterocycles. The minimum atomic E-state index is -0.450. The fraction of sp³-hybridized carbons (Fsp3) is 0.632. The highest BCUT2D eigenvalue weighted by molar-refractivity contribution is 6.30. The van der Waals surface area contributed by atoms with Crippen LogP contribution in [0.15, 0.2) is 18.2 Å². The van der Waals surface area contributed by atoms with Crippen LogP contribution in [0.5, 0.6) is 0 Å². The number of hydrogen-bond donors (Lipinski definition) is 0. The third-order valence-electron chi connectivity index (χ3n) is 5.97. The van der Waals surface area contributed by atoms with Gasteiger partial charge >= 0.3 is 6.09 Å². The van der Waals surface area contributed by atoms with Crippen LogP contribution in [-0.2, 0) is 10.2 Å². The molecule has 4 aliphatic rings. The molecule has 0 unspecified atom stereocenters. The van der Waals surface area contributed by atoms with Gasteiger partial charge in [0.05, 0.1) is 0 Å². The first kappa shape index (κ1) is 16.2. The largest absolute Gasteiger partial charge is 0.444 e. The molecule has 1 heterocycles. The van der Waals surface area contributed by atoms with Crippen molar-refractivity contribution in [3.05, 3.63) is 34.6 Å². The second-order valence-corrected chi connectivity index (χ2v) is 9.32. The van der Waals surface area contributed by atoms with Gasteiger partial charge in [0.1, 0.15) is 11.4 Å².